The molecule has 1 fully saturated rings. The van der Waals surface area contributed by atoms with Crippen LogP contribution in [0.25, 0.3) is 0 Å². The molecule has 1 aliphatic rings. The van der Waals surface area contributed by atoms with Gasteiger partial charge in [0.05, 0.1) is 5.02 Å². The summed E-state index contributed by atoms with van der Waals surface area (Å²) < 4.78 is 40.7. The molecule has 8 heteroatoms. The summed E-state index contributed by atoms with van der Waals surface area (Å²) in [7, 11) is -4.03. The van der Waals surface area contributed by atoms with Crippen LogP contribution < -0.4 is 4.72 Å². The normalized spacial score (nSPS) is 15.6. The van der Waals surface area contributed by atoms with Gasteiger partial charge in [-0.25, -0.2) is 12.8 Å². The van der Waals surface area contributed by atoms with Crippen LogP contribution in [0.4, 0.5) is 10.1 Å². The third-order valence-electron chi connectivity index (χ3n) is 4.63. The molecule has 0 aliphatic carbocycles. The van der Waals surface area contributed by atoms with Gasteiger partial charge in [-0.1, -0.05) is 18.5 Å². The summed E-state index contributed by atoms with van der Waals surface area (Å²) in [5.74, 6) is -0.105. The Bertz CT molecular complexity index is 940. The van der Waals surface area contributed by atoms with Crippen molar-refractivity contribution >= 4 is 33.2 Å². The number of nitrogens with one attached hydrogen (secondary N) is 1. The first-order valence-corrected chi connectivity index (χ1v) is 10.5. The first kappa shape index (κ1) is 19.6. The van der Waals surface area contributed by atoms with Gasteiger partial charge >= 0.3 is 0 Å². The Morgan fingerprint density at radius 1 is 1.15 bits per heavy atom. The number of sulfonamides is 1. The van der Waals surface area contributed by atoms with Gasteiger partial charge in [0, 0.05) is 24.3 Å². The van der Waals surface area contributed by atoms with Gasteiger partial charge in [-0.05, 0) is 61.2 Å². The minimum atomic E-state index is -4.03. The van der Waals surface area contributed by atoms with Gasteiger partial charge < -0.3 is 4.90 Å². The summed E-state index contributed by atoms with van der Waals surface area (Å²) in [4.78, 5) is 14.3. The second-order valence-corrected chi connectivity index (χ2v) is 8.79. The van der Waals surface area contributed by atoms with Gasteiger partial charge in [-0.2, -0.15) is 0 Å². The van der Waals surface area contributed by atoms with Crippen LogP contribution in [0, 0.1) is 11.7 Å². The minimum Gasteiger partial charge on any atom is -0.339 e. The van der Waals surface area contributed by atoms with Gasteiger partial charge in [0.1, 0.15) is 10.7 Å². The third kappa shape index (κ3) is 4.59. The van der Waals surface area contributed by atoms with E-state index in [1.54, 1.807) is 4.90 Å². The minimum absolute atomic E-state index is 0.00780. The van der Waals surface area contributed by atoms with Crippen molar-refractivity contribution in [3.05, 3.63) is 58.9 Å². The molecule has 5 nitrogen and oxygen atoms in total. The van der Waals surface area contributed by atoms with Crippen molar-refractivity contribution in [3.63, 3.8) is 0 Å². The van der Waals surface area contributed by atoms with E-state index in [4.69, 9.17) is 11.6 Å². The molecule has 0 atom stereocenters. The van der Waals surface area contributed by atoms with Crippen LogP contribution >= 0.6 is 11.6 Å². The summed E-state index contributed by atoms with van der Waals surface area (Å²) in [5.41, 5.74) is 0.475. The molecule has 0 spiro atoms. The SMILES string of the molecule is CC1CCN(C(=O)c2ccc(Cl)c(S(=O)(=O)Nc3ccc(F)cc3)c2)CC1. The molecule has 1 N–H and O–H groups in total. The number of hydrogen-bond donors (Lipinski definition) is 1. The summed E-state index contributed by atoms with van der Waals surface area (Å²) in [6.07, 6.45) is 1.85. The van der Waals surface area contributed by atoms with Crippen LogP contribution in [0.2, 0.25) is 5.02 Å². The molecule has 0 bridgehead atoms. The highest BCUT2D eigenvalue weighted by molar-refractivity contribution is 7.92. The maximum Gasteiger partial charge on any atom is 0.263 e. The standard InChI is InChI=1S/C19H20ClFN2O3S/c1-13-8-10-23(11-9-13)19(24)14-2-7-17(20)18(12-14)27(25,26)22-16-5-3-15(21)4-6-16/h2-7,12-13,22H,8-11H2,1H3. The molecule has 0 aromatic heterocycles. The first-order chi connectivity index (χ1) is 12.8. The molecule has 2 aromatic rings. The number of hydrogen-bond acceptors (Lipinski definition) is 3. The molecule has 2 aromatic carbocycles. The lowest BCUT2D eigenvalue weighted by molar-refractivity contribution is 0.0697. The summed E-state index contributed by atoms with van der Waals surface area (Å²) >= 11 is 6.08. The predicted molar refractivity (Wildman–Crippen MR) is 103 cm³/mol. The van der Waals surface area contributed by atoms with Gasteiger partial charge in [0.25, 0.3) is 15.9 Å². The molecule has 0 radical (unpaired) electrons. The zero-order valence-corrected chi connectivity index (χ0v) is 16.4. The number of nitrogens with zero attached hydrogens (tertiary/aromatic N) is 1. The molecule has 144 valence electrons. The number of anilines is 1. The Hall–Kier alpha value is -2.12. The summed E-state index contributed by atoms with van der Waals surface area (Å²) in [6, 6.07) is 9.14. The van der Waals surface area contributed by atoms with E-state index in [0.29, 0.717) is 19.0 Å². The predicted octanol–water partition coefficient (Wildman–Crippen LogP) is 4.15. The van der Waals surface area contributed by atoms with Crippen LogP contribution in [0.15, 0.2) is 47.4 Å². The van der Waals surface area contributed by atoms with Gasteiger partial charge in [-0.3, -0.25) is 9.52 Å². The smallest absolute Gasteiger partial charge is 0.263 e. The van der Waals surface area contributed by atoms with Gasteiger partial charge in [0.2, 0.25) is 0 Å². The average molecular weight is 411 g/mol. The topological polar surface area (TPSA) is 66.5 Å². The average Bonchev–Trinajstić information content (AvgIpc) is 2.64. The molecule has 1 heterocycles. The number of amides is 1. The molecule has 1 aliphatic heterocycles. The summed E-state index contributed by atoms with van der Waals surface area (Å²) in [6.45, 7) is 3.45. The third-order valence-corrected chi connectivity index (χ3v) is 6.50. The molecular formula is C19H20ClFN2O3S. The summed E-state index contributed by atoms with van der Waals surface area (Å²) in [5, 5.41) is 0.00780. The molecule has 1 saturated heterocycles. The van der Waals surface area contributed by atoms with Crippen LogP contribution in [-0.2, 0) is 10.0 Å². The largest absolute Gasteiger partial charge is 0.339 e. The van der Waals surface area contributed by atoms with Crippen molar-refractivity contribution in [2.45, 2.75) is 24.7 Å². The van der Waals surface area contributed by atoms with Crippen molar-refractivity contribution in [2.75, 3.05) is 17.8 Å². The zero-order chi connectivity index (χ0) is 19.6. The lowest BCUT2D eigenvalue weighted by Gasteiger charge is -2.30. The number of piperidine rings is 1. The number of likely N-dealkylation sites (tertiary alicyclic amines) is 1. The molecule has 3 rings (SSSR count). The Labute approximate surface area is 163 Å². The molecule has 27 heavy (non-hydrogen) atoms. The number of carbonyl (C=O) groups is 1. The van der Waals surface area contributed by atoms with Crippen LogP contribution in [0.3, 0.4) is 0 Å². The van der Waals surface area contributed by atoms with Crippen molar-refractivity contribution in [2.24, 2.45) is 5.92 Å². The lowest BCUT2D eigenvalue weighted by atomic mass is 9.98. The van der Waals surface area contributed by atoms with Crippen molar-refractivity contribution < 1.29 is 17.6 Å². The van der Waals surface area contributed by atoms with Crippen LogP contribution in [0.1, 0.15) is 30.1 Å². The van der Waals surface area contributed by atoms with Crippen molar-refractivity contribution in [1.29, 1.82) is 0 Å². The highest BCUT2D eigenvalue weighted by atomic mass is 35.5. The number of carbonyl (C=O) groups excluding carboxylic acids is 1. The van der Waals surface area contributed by atoms with E-state index in [1.165, 1.54) is 30.3 Å². The Morgan fingerprint density at radius 2 is 1.78 bits per heavy atom. The van der Waals surface area contributed by atoms with Gasteiger partial charge in [-0.15, -0.1) is 0 Å². The quantitative estimate of drug-likeness (QED) is 0.823. The molecule has 1 amide bonds. The van der Waals surface area contributed by atoms with E-state index < -0.39 is 15.8 Å². The van der Waals surface area contributed by atoms with Crippen molar-refractivity contribution in [3.8, 4) is 0 Å². The van der Waals surface area contributed by atoms with Gasteiger partial charge in [0.15, 0.2) is 0 Å². The van der Waals surface area contributed by atoms with E-state index in [-0.39, 0.29) is 27.1 Å². The second-order valence-electron chi connectivity index (χ2n) is 6.73. The van der Waals surface area contributed by atoms with E-state index in [1.807, 2.05) is 0 Å². The molecule has 0 unspecified atom stereocenters. The highest BCUT2D eigenvalue weighted by Gasteiger charge is 2.25. The first-order valence-electron chi connectivity index (χ1n) is 8.63. The zero-order valence-electron chi connectivity index (χ0n) is 14.8. The Balaban J connectivity index is 1.86. The Kier molecular flexibility index (Phi) is 5.72. The van der Waals surface area contributed by atoms with Crippen LogP contribution in [-0.4, -0.2) is 32.3 Å². The molecular weight excluding hydrogens is 391 g/mol. The highest BCUT2D eigenvalue weighted by Crippen LogP contribution is 2.26. The second kappa shape index (κ2) is 7.86. The number of benzene rings is 2. The monoisotopic (exact) mass is 410 g/mol. The van der Waals surface area contributed by atoms with Crippen molar-refractivity contribution in [1.82, 2.24) is 4.90 Å². The fraction of sp³-hybridized carbons (Fsp3) is 0.316. The van der Waals surface area contributed by atoms with E-state index in [2.05, 4.69) is 11.6 Å². The maximum atomic E-state index is 13.0. The fourth-order valence-corrected chi connectivity index (χ4v) is 4.55. The number of rotatable bonds is 4. The number of halogens is 2. The fourth-order valence-electron chi connectivity index (χ4n) is 2.96. The maximum absolute atomic E-state index is 13.0. The van der Waals surface area contributed by atoms with E-state index >= 15 is 0 Å². The Morgan fingerprint density at radius 3 is 2.41 bits per heavy atom. The molecule has 0 saturated carbocycles. The van der Waals surface area contributed by atoms with E-state index in [9.17, 15) is 17.6 Å². The lowest BCUT2D eigenvalue weighted by Crippen LogP contribution is -2.38. The van der Waals surface area contributed by atoms with Crippen LogP contribution in [0.5, 0.6) is 0 Å². The van der Waals surface area contributed by atoms with E-state index in [0.717, 1.165) is 25.0 Å².